The van der Waals surface area contributed by atoms with E-state index >= 15 is 0 Å². The van der Waals surface area contributed by atoms with Gasteiger partial charge in [0.05, 0.1) is 24.4 Å². The van der Waals surface area contributed by atoms with Crippen LogP contribution in [0.2, 0.25) is 0 Å². The molecule has 0 spiro atoms. The van der Waals surface area contributed by atoms with Crippen LogP contribution in [-0.2, 0) is 6.18 Å². The van der Waals surface area contributed by atoms with Crippen LogP contribution < -0.4 is 5.32 Å². The lowest BCUT2D eigenvalue weighted by molar-refractivity contribution is -0.138. The Balaban J connectivity index is 2.28. The number of aryl methyl sites for hydroxylation is 1. The second kappa shape index (κ2) is 6.18. The van der Waals surface area contributed by atoms with Crippen molar-refractivity contribution < 1.29 is 23.1 Å². The molecule has 1 aromatic carbocycles. The van der Waals surface area contributed by atoms with Crippen molar-refractivity contribution in [3.05, 3.63) is 53.1 Å². The van der Waals surface area contributed by atoms with Crippen LogP contribution in [0.25, 0.3) is 0 Å². The van der Waals surface area contributed by atoms with Crippen molar-refractivity contribution in [1.29, 1.82) is 0 Å². The van der Waals surface area contributed by atoms with Gasteiger partial charge in [0.2, 0.25) is 0 Å². The molecule has 22 heavy (non-hydrogen) atoms. The van der Waals surface area contributed by atoms with Gasteiger partial charge in [0, 0.05) is 0 Å². The molecule has 0 bridgehead atoms. The summed E-state index contributed by atoms with van der Waals surface area (Å²) < 4.78 is 39.0. The van der Waals surface area contributed by atoms with Crippen LogP contribution in [0, 0.1) is 6.92 Å². The lowest BCUT2D eigenvalue weighted by atomic mass is 10.00. The predicted octanol–water partition coefficient (Wildman–Crippen LogP) is 2.20. The molecule has 1 unspecified atom stereocenters. The number of carbonyl (C=O) groups excluding carboxylic acids is 1. The Hall–Kier alpha value is -2.35. The van der Waals surface area contributed by atoms with Crippen LogP contribution in [0.1, 0.15) is 33.5 Å². The molecule has 5 nitrogen and oxygen atoms in total. The Bertz CT molecular complexity index is 667. The van der Waals surface area contributed by atoms with Gasteiger partial charge in [0.25, 0.3) is 5.91 Å². The molecule has 1 amide bonds. The van der Waals surface area contributed by atoms with Gasteiger partial charge in [-0.05, 0) is 18.6 Å². The minimum Gasteiger partial charge on any atom is -0.394 e. The van der Waals surface area contributed by atoms with Crippen molar-refractivity contribution in [2.24, 2.45) is 0 Å². The highest BCUT2D eigenvalue weighted by molar-refractivity contribution is 5.92. The number of imidazole rings is 1. The fourth-order valence-corrected chi connectivity index (χ4v) is 2.05. The molecule has 0 fully saturated rings. The third kappa shape index (κ3) is 3.45. The average Bonchev–Trinajstić information content (AvgIpc) is 2.90. The van der Waals surface area contributed by atoms with E-state index < -0.39 is 30.3 Å². The van der Waals surface area contributed by atoms with Crippen LogP contribution in [0.5, 0.6) is 0 Å². The van der Waals surface area contributed by atoms with Gasteiger partial charge in [-0.25, -0.2) is 4.98 Å². The molecule has 1 heterocycles. The molecule has 0 aliphatic heterocycles. The highest BCUT2D eigenvalue weighted by Crippen LogP contribution is 2.34. The molecule has 118 valence electrons. The van der Waals surface area contributed by atoms with Crippen LogP contribution >= 0.6 is 0 Å². The normalized spacial score (nSPS) is 13.0. The largest absolute Gasteiger partial charge is 0.416 e. The number of benzene rings is 1. The van der Waals surface area contributed by atoms with Gasteiger partial charge in [-0.15, -0.1) is 0 Å². The molecule has 3 N–H and O–H groups in total. The average molecular weight is 313 g/mol. The molecular weight excluding hydrogens is 299 g/mol. The zero-order chi connectivity index (χ0) is 16.3. The molecule has 1 aromatic heterocycles. The fourth-order valence-electron chi connectivity index (χ4n) is 2.05. The summed E-state index contributed by atoms with van der Waals surface area (Å²) in [5, 5.41) is 11.7. The topological polar surface area (TPSA) is 78.0 Å². The Morgan fingerprint density at radius 1 is 1.41 bits per heavy atom. The van der Waals surface area contributed by atoms with Crippen LogP contribution in [-0.4, -0.2) is 27.6 Å². The van der Waals surface area contributed by atoms with E-state index in [4.69, 9.17) is 0 Å². The number of hydrogen-bond donors (Lipinski definition) is 3. The summed E-state index contributed by atoms with van der Waals surface area (Å²) in [6.45, 7) is 0.977. The SMILES string of the molecule is Cc1ncc(C(=O)NC(CO)c2ccccc2C(F)(F)F)[nH]1. The Morgan fingerprint density at radius 2 is 2.09 bits per heavy atom. The van der Waals surface area contributed by atoms with Crippen LogP contribution in [0.15, 0.2) is 30.5 Å². The van der Waals surface area contributed by atoms with E-state index in [9.17, 15) is 23.1 Å². The molecule has 0 radical (unpaired) electrons. The molecule has 2 aromatic rings. The number of hydrogen-bond acceptors (Lipinski definition) is 3. The maximum Gasteiger partial charge on any atom is 0.416 e. The molecule has 0 aliphatic carbocycles. The van der Waals surface area contributed by atoms with Crippen LogP contribution in [0.3, 0.4) is 0 Å². The lowest BCUT2D eigenvalue weighted by Gasteiger charge is -2.20. The molecular formula is C14H14F3N3O2. The van der Waals surface area contributed by atoms with E-state index in [0.717, 1.165) is 6.07 Å². The first-order chi connectivity index (χ1) is 10.3. The zero-order valence-electron chi connectivity index (χ0n) is 11.6. The number of H-pyrrole nitrogens is 1. The number of nitrogens with zero attached hydrogens (tertiary/aromatic N) is 1. The number of halogens is 3. The monoisotopic (exact) mass is 313 g/mol. The second-order valence-corrected chi connectivity index (χ2v) is 4.68. The standard InChI is InChI=1S/C14H14F3N3O2/c1-8-18-6-11(19-8)13(22)20-12(7-21)9-4-2-3-5-10(9)14(15,16)17/h2-6,12,21H,7H2,1H3,(H,18,19)(H,20,22). The third-order valence-corrected chi connectivity index (χ3v) is 3.08. The van der Waals surface area contributed by atoms with Crippen molar-refractivity contribution >= 4 is 5.91 Å². The number of alkyl halides is 3. The Morgan fingerprint density at radius 3 is 2.64 bits per heavy atom. The number of nitrogens with one attached hydrogen (secondary N) is 2. The summed E-state index contributed by atoms with van der Waals surface area (Å²) >= 11 is 0. The first-order valence-electron chi connectivity index (χ1n) is 6.42. The lowest BCUT2D eigenvalue weighted by Crippen LogP contribution is -2.32. The van der Waals surface area contributed by atoms with E-state index in [2.05, 4.69) is 15.3 Å². The Kier molecular flexibility index (Phi) is 4.51. The number of aromatic amines is 1. The summed E-state index contributed by atoms with van der Waals surface area (Å²) in [4.78, 5) is 18.5. The number of carbonyl (C=O) groups is 1. The van der Waals surface area contributed by atoms with Gasteiger partial charge < -0.3 is 15.4 Å². The summed E-state index contributed by atoms with van der Waals surface area (Å²) in [5.74, 6) is -0.141. The van der Waals surface area contributed by atoms with E-state index in [1.165, 1.54) is 24.4 Å². The van der Waals surface area contributed by atoms with E-state index in [1.807, 2.05) is 0 Å². The van der Waals surface area contributed by atoms with Gasteiger partial charge in [-0.3, -0.25) is 4.79 Å². The zero-order valence-corrected chi connectivity index (χ0v) is 11.6. The van der Waals surface area contributed by atoms with Gasteiger partial charge in [-0.2, -0.15) is 13.2 Å². The van der Waals surface area contributed by atoms with E-state index in [1.54, 1.807) is 6.92 Å². The van der Waals surface area contributed by atoms with Gasteiger partial charge >= 0.3 is 6.18 Å². The van der Waals surface area contributed by atoms with Gasteiger partial charge in [0.1, 0.15) is 11.5 Å². The third-order valence-electron chi connectivity index (χ3n) is 3.08. The first-order valence-corrected chi connectivity index (χ1v) is 6.42. The molecule has 0 aliphatic rings. The minimum absolute atomic E-state index is 0.112. The number of aliphatic hydroxyl groups is 1. The van der Waals surface area contributed by atoms with Crippen LogP contribution in [0.4, 0.5) is 13.2 Å². The van der Waals surface area contributed by atoms with E-state index in [0.29, 0.717) is 5.82 Å². The maximum absolute atomic E-state index is 13.0. The molecule has 0 saturated heterocycles. The summed E-state index contributed by atoms with van der Waals surface area (Å²) in [5.41, 5.74) is -0.974. The van der Waals surface area contributed by atoms with Crippen molar-refractivity contribution in [1.82, 2.24) is 15.3 Å². The smallest absolute Gasteiger partial charge is 0.394 e. The minimum atomic E-state index is -4.57. The van der Waals surface area contributed by atoms with Crippen molar-refractivity contribution in [2.75, 3.05) is 6.61 Å². The highest BCUT2D eigenvalue weighted by Gasteiger charge is 2.35. The number of aromatic nitrogens is 2. The fraction of sp³-hybridized carbons (Fsp3) is 0.286. The first kappa shape index (κ1) is 16.0. The quantitative estimate of drug-likeness (QED) is 0.810. The summed E-state index contributed by atoms with van der Waals surface area (Å²) in [6.07, 6.45) is -3.30. The molecule has 2 rings (SSSR count). The summed E-state index contributed by atoms with van der Waals surface area (Å²) in [7, 11) is 0. The van der Waals surface area contributed by atoms with Crippen molar-refractivity contribution in [2.45, 2.75) is 19.1 Å². The Labute approximate surface area is 124 Å². The van der Waals surface area contributed by atoms with Gasteiger partial charge in [-0.1, -0.05) is 18.2 Å². The van der Waals surface area contributed by atoms with Gasteiger partial charge in [0.15, 0.2) is 0 Å². The highest BCUT2D eigenvalue weighted by atomic mass is 19.4. The maximum atomic E-state index is 13.0. The molecule has 0 saturated carbocycles. The van der Waals surface area contributed by atoms with E-state index in [-0.39, 0.29) is 11.3 Å². The number of amides is 1. The number of rotatable bonds is 4. The second-order valence-electron chi connectivity index (χ2n) is 4.68. The van der Waals surface area contributed by atoms with Crippen molar-refractivity contribution in [3.8, 4) is 0 Å². The number of aliphatic hydroxyl groups excluding tert-OH is 1. The predicted molar refractivity (Wildman–Crippen MR) is 72.1 cm³/mol. The molecule has 1 atom stereocenters. The van der Waals surface area contributed by atoms with Crippen molar-refractivity contribution in [3.63, 3.8) is 0 Å². The molecule has 8 heteroatoms. The summed E-state index contributed by atoms with van der Waals surface area (Å²) in [6, 6.07) is 3.63.